The van der Waals surface area contributed by atoms with Gasteiger partial charge in [0.15, 0.2) is 0 Å². The van der Waals surface area contributed by atoms with Crippen molar-refractivity contribution in [2.24, 2.45) is 5.92 Å². The van der Waals surface area contributed by atoms with E-state index in [-0.39, 0.29) is 0 Å². The van der Waals surface area contributed by atoms with Gasteiger partial charge in [-0.3, -0.25) is 9.59 Å². The Morgan fingerprint density at radius 2 is 1.83 bits per heavy atom. The van der Waals surface area contributed by atoms with E-state index in [2.05, 4.69) is 6.58 Å². The highest BCUT2D eigenvalue weighted by molar-refractivity contribution is 6.73. The molecule has 0 aliphatic carbocycles. The number of rotatable bonds is 6. The highest BCUT2D eigenvalue weighted by Gasteiger charge is 2.22. The van der Waals surface area contributed by atoms with E-state index in [9.17, 15) is 9.59 Å². The number of hydrogen-bond acceptors (Lipinski definition) is 2. The van der Waals surface area contributed by atoms with Gasteiger partial charge in [-0.15, -0.1) is 6.58 Å². The van der Waals surface area contributed by atoms with Gasteiger partial charge in [0.1, 0.15) is 5.92 Å². The molecule has 0 rings (SSSR count). The molecule has 68 valence electrons. The van der Waals surface area contributed by atoms with Crippen LogP contribution < -0.4 is 0 Å². The molecule has 0 heterocycles. The molecule has 0 aromatic carbocycles. The highest BCUT2D eigenvalue weighted by atomic mass is 35.5. The lowest BCUT2D eigenvalue weighted by molar-refractivity contribution is -0.124. The van der Waals surface area contributed by atoms with Crippen LogP contribution in [-0.2, 0) is 9.59 Å². The van der Waals surface area contributed by atoms with E-state index in [1.807, 2.05) is 0 Å². The minimum atomic E-state index is -0.853. The molecule has 0 aromatic heterocycles. The van der Waals surface area contributed by atoms with Crippen molar-refractivity contribution >= 4 is 33.7 Å². The minimum absolute atomic E-state index is 0.399. The van der Waals surface area contributed by atoms with Gasteiger partial charge < -0.3 is 0 Å². The van der Waals surface area contributed by atoms with Gasteiger partial charge in [-0.05, 0) is 42.5 Å². The molecule has 0 spiro atoms. The summed E-state index contributed by atoms with van der Waals surface area (Å²) >= 11 is 10.3. The minimum Gasteiger partial charge on any atom is -0.280 e. The second-order valence-electron chi connectivity index (χ2n) is 2.38. The molecule has 0 fully saturated rings. The van der Waals surface area contributed by atoms with E-state index >= 15 is 0 Å². The Hall–Kier alpha value is -0.340. The molecule has 0 aliphatic heterocycles. The van der Waals surface area contributed by atoms with Gasteiger partial charge in [0.2, 0.25) is 10.5 Å². The van der Waals surface area contributed by atoms with E-state index in [1.54, 1.807) is 6.08 Å². The van der Waals surface area contributed by atoms with Gasteiger partial charge in [-0.25, -0.2) is 0 Å². The van der Waals surface area contributed by atoms with Crippen molar-refractivity contribution in [3.05, 3.63) is 12.7 Å². The lowest BCUT2D eigenvalue weighted by atomic mass is 10.1. The molecule has 2 nitrogen and oxygen atoms in total. The predicted octanol–water partition coefficient (Wildman–Crippen LogP) is 2.49. The first kappa shape index (κ1) is 11.7. The topological polar surface area (TPSA) is 34.1 Å². The van der Waals surface area contributed by atoms with Crippen molar-refractivity contribution in [1.82, 2.24) is 0 Å². The normalized spacial score (nSPS) is 9.92. The van der Waals surface area contributed by atoms with Crippen LogP contribution in [0, 0.1) is 5.92 Å². The molecular weight excluding hydrogens is 199 g/mol. The quantitative estimate of drug-likeness (QED) is 0.291. The average Bonchev–Trinajstić information content (AvgIpc) is 1.96. The first-order valence-electron chi connectivity index (χ1n) is 3.59. The average molecular weight is 209 g/mol. The van der Waals surface area contributed by atoms with Crippen LogP contribution >= 0.6 is 23.2 Å². The van der Waals surface area contributed by atoms with E-state index in [0.717, 1.165) is 6.42 Å². The van der Waals surface area contributed by atoms with Gasteiger partial charge in [0.05, 0.1) is 0 Å². The van der Waals surface area contributed by atoms with Crippen LogP contribution in [0.1, 0.15) is 19.3 Å². The summed E-state index contributed by atoms with van der Waals surface area (Å²) in [6, 6.07) is 0. The van der Waals surface area contributed by atoms with E-state index in [1.165, 1.54) is 0 Å². The second-order valence-corrected chi connectivity index (χ2v) is 3.13. The largest absolute Gasteiger partial charge is 0.280 e. The third-order valence-electron chi connectivity index (χ3n) is 1.45. The Kier molecular flexibility index (Phi) is 6.03. The maximum Gasteiger partial charge on any atom is 0.233 e. The molecule has 0 atom stereocenters. The number of allylic oxidation sites excluding steroid dienone is 1. The van der Waals surface area contributed by atoms with Crippen LogP contribution in [0.2, 0.25) is 0 Å². The summed E-state index contributed by atoms with van der Waals surface area (Å²) in [6.07, 6.45) is 3.57. The van der Waals surface area contributed by atoms with Gasteiger partial charge in [0, 0.05) is 0 Å². The van der Waals surface area contributed by atoms with Gasteiger partial charge in [-0.1, -0.05) is 6.08 Å². The first-order valence-corrected chi connectivity index (χ1v) is 4.34. The molecule has 0 saturated carbocycles. The second kappa shape index (κ2) is 6.21. The number of carbonyl (C=O) groups excluding carboxylic acids is 2. The third kappa shape index (κ3) is 4.52. The number of hydrogen-bond donors (Lipinski definition) is 0. The van der Waals surface area contributed by atoms with E-state index in [4.69, 9.17) is 23.2 Å². The summed E-state index contributed by atoms with van der Waals surface area (Å²) in [6.45, 7) is 3.51. The van der Waals surface area contributed by atoms with Crippen molar-refractivity contribution in [3.8, 4) is 0 Å². The summed E-state index contributed by atoms with van der Waals surface area (Å²) in [5.41, 5.74) is 0. The van der Waals surface area contributed by atoms with Crippen molar-refractivity contribution in [2.45, 2.75) is 19.3 Å². The van der Waals surface area contributed by atoms with Gasteiger partial charge >= 0.3 is 0 Å². The van der Waals surface area contributed by atoms with Crippen LogP contribution in [0.3, 0.4) is 0 Å². The Morgan fingerprint density at radius 3 is 2.17 bits per heavy atom. The summed E-state index contributed by atoms with van der Waals surface area (Å²) in [7, 11) is 0. The lowest BCUT2D eigenvalue weighted by Gasteiger charge is -2.04. The molecule has 0 amide bonds. The van der Waals surface area contributed by atoms with Gasteiger partial charge in [-0.2, -0.15) is 0 Å². The van der Waals surface area contributed by atoms with E-state index in [0.29, 0.717) is 12.8 Å². The summed E-state index contributed by atoms with van der Waals surface area (Å²) in [5, 5.41) is -1.36. The molecule has 12 heavy (non-hydrogen) atoms. The van der Waals surface area contributed by atoms with E-state index < -0.39 is 16.4 Å². The van der Waals surface area contributed by atoms with Crippen molar-refractivity contribution < 1.29 is 9.59 Å². The van der Waals surface area contributed by atoms with Crippen LogP contribution in [0.25, 0.3) is 0 Å². The van der Waals surface area contributed by atoms with Crippen LogP contribution in [0.5, 0.6) is 0 Å². The first-order chi connectivity index (χ1) is 5.59. The molecule has 0 radical (unpaired) electrons. The third-order valence-corrected chi connectivity index (χ3v) is 1.98. The molecule has 0 unspecified atom stereocenters. The molecule has 4 heteroatoms. The molecule has 0 N–H and O–H groups in total. The summed E-state index contributed by atoms with van der Waals surface area (Å²) in [5.74, 6) is -0.853. The Balaban J connectivity index is 3.88. The fourth-order valence-electron chi connectivity index (χ4n) is 0.782. The summed E-state index contributed by atoms with van der Waals surface area (Å²) in [4.78, 5) is 21.2. The maximum absolute atomic E-state index is 10.6. The highest BCUT2D eigenvalue weighted by Crippen LogP contribution is 2.15. The number of halogens is 2. The summed E-state index contributed by atoms with van der Waals surface area (Å²) < 4.78 is 0. The fraction of sp³-hybridized carbons (Fsp3) is 0.500. The van der Waals surface area contributed by atoms with Gasteiger partial charge in [0.25, 0.3) is 0 Å². The number of carbonyl (C=O) groups is 2. The van der Waals surface area contributed by atoms with Crippen LogP contribution in [0.4, 0.5) is 0 Å². The molecule has 0 aromatic rings. The SMILES string of the molecule is C=CCCCC(C(=O)Cl)C(=O)Cl. The number of unbranched alkanes of at least 4 members (excludes halogenated alkanes) is 1. The molecule has 0 saturated heterocycles. The Morgan fingerprint density at radius 1 is 1.33 bits per heavy atom. The van der Waals surface area contributed by atoms with Crippen LogP contribution in [0.15, 0.2) is 12.7 Å². The van der Waals surface area contributed by atoms with Crippen molar-refractivity contribution in [1.29, 1.82) is 0 Å². The predicted molar refractivity (Wildman–Crippen MR) is 49.3 cm³/mol. The lowest BCUT2D eigenvalue weighted by Crippen LogP contribution is -2.15. The van der Waals surface area contributed by atoms with Crippen LogP contribution in [-0.4, -0.2) is 10.5 Å². The monoisotopic (exact) mass is 208 g/mol. The smallest absolute Gasteiger partial charge is 0.233 e. The maximum atomic E-state index is 10.6. The zero-order valence-electron chi connectivity index (χ0n) is 6.56. The molecule has 0 aliphatic rings. The fourth-order valence-corrected chi connectivity index (χ4v) is 1.25. The van der Waals surface area contributed by atoms with Crippen molar-refractivity contribution in [3.63, 3.8) is 0 Å². The zero-order valence-corrected chi connectivity index (χ0v) is 8.07. The van der Waals surface area contributed by atoms with Crippen molar-refractivity contribution in [2.75, 3.05) is 0 Å². The molecular formula is C8H10Cl2O2. The standard InChI is InChI=1S/C8H10Cl2O2/c1-2-3-4-5-6(7(9)11)8(10)12/h2,6H,1,3-5H2. The zero-order chi connectivity index (χ0) is 9.56. The Labute approximate surface area is 81.5 Å². The molecule has 0 bridgehead atoms. The Bertz CT molecular complexity index is 175.